The summed E-state index contributed by atoms with van der Waals surface area (Å²) >= 11 is 0. The van der Waals surface area contributed by atoms with E-state index in [9.17, 15) is 5.11 Å². The summed E-state index contributed by atoms with van der Waals surface area (Å²) < 4.78 is 12.4. The molecule has 0 amide bonds. The Morgan fingerprint density at radius 3 is 2.03 bits per heavy atom. The highest BCUT2D eigenvalue weighted by Crippen LogP contribution is 2.37. The van der Waals surface area contributed by atoms with Crippen molar-refractivity contribution >= 4 is 18.7 Å². The normalized spacial score (nSPS) is 16.6. The molecule has 1 saturated heterocycles. The maximum Gasteiger partial charge on any atom is 0.261 e. The summed E-state index contributed by atoms with van der Waals surface area (Å²) in [6.45, 7) is 8.36. The lowest BCUT2D eigenvalue weighted by atomic mass is 9.87. The van der Waals surface area contributed by atoms with E-state index in [4.69, 9.17) is 9.16 Å². The monoisotopic (exact) mass is 447 g/mol. The lowest BCUT2D eigenvalue weighted by Gasteiger charge is -2.43. The minimum atomic E-state index is -2.63. The second-order valence-electron chi connectivity index (χ2n) is 9.63. The fourth-order valence-electron chi connectivity index (χ4n) is 4.79. The highest BCUT2D eigenvalue weighted by atomic mass is 28.4. The van der Waals surface area contributed by atoms with Crippen molar-refractivity contribution in [3.05, 3.63) is 90.3 Å². The second kappa shape index (κ2) is 9.28. The fraction of sp³-hybridized carbons (Fsp3) is 0.370. The largest absolute Gasteiger partial charge is 0.402 e. The van der Waals surface area contributed by atoms with E-state index in [1.54, 1.807) is 6.20 Å². The third kappa shape index (κ3) is 4.43. The highest BCUT2D eigenvalue weighted by molar-refractivity contribution is 6.99. The topological polar surface area (TPSA) is 51.6 Å². The van der Waals surface area contributed by atoms with Gasteiger partial charge in [0.2, 0.25) is 0 Å². The van der Waals surface area contributed by atoms with Crippen molar-refractivity contribution in [1.29, 1.82) is 0 Å². The minimum absolute atomic E-state index is 0.0910. The van der Waals surface area contributed by atoms with Gasteiger partial charge in [-0.25, -0.2) is 0 Å². The fourth-order valence-corrected chi connectivity index (χ4v) is 9.31. The van der Waals surface area contributed by atoms with Crippen LogP contribution in [0.1, 0.15) is 44.9 Å². The van der Waals surface area contributed by atoms with E-state index in [2.05, 4.69) is 86.4 Å². The molecule has 0 radical (unpaired) electrons. The second-order valence-corrected chi connectivity index (χ2v) is 13.9. The van der Waals surface area contributed by atoms with Crippen LogP contribution in [0.15, 0.2) is 79.0 Å². The number of nitrogens with zero attached hydrogens (tertiary/aromatic N) is 1. The molecule has 0 unspecified atom stereocenters. The number of hydrogen-bond acceptors (Lipinski definition) is 4. The van der Waals surface area contributed by atoms with E-state index in [1.807, 2.05) is 12.1 Å². The van der Waals surface area contributed by atoms with Crippen LogP contribution in [0.3, 0.4) is 0 Å². The lowest BCUT2D eigenvalue weighted by Crippen LogP contribution is -2.66. The Morgan fingerprint density at radius 1 is 0.938 bits per heavy atom. The standard InChI is InChI=1S/C27H33NO3Si/c1-26(2,3)32(24-10-6-4-7-11-24,25-12-8-5-9-13-25)31-21-23-20-22(14-17-28-23)27(29)15-18-30-19-16-27/h4-14,17,20,29H,15-16,18-19,21H2,1-3H3. The zero-order valence-corrected chi connectivity index (χ0v) is 20.3. The molecule has 1 fully saturated rings. The number of ether oxygens (including phenoxy) is 1. The molecule has 0 spiro atoms. The molecule has 4 nitrogen and oxygen atoms in total. The van der Waals surface area contributed by atoms with Gasteiger partial charge in [-0.1, -0.05) is 81.4 Å². The van der Waals surface area contributed by atoms with Crippen molar-refractivity contribution in [3.8, 4) is 0 Å². The molecule has 2 aromatic carbocycles. The van der Waals surface area contributed by atoms with Crippen molar-refractivity contribution in [1.82, 2.24) is 4.98 Å². The molecular formula is C27H33NO3Si. The Hall–Kier alpha value is -2.31. The highest BCUT2D eigenvalue weighted by Gasteiger charge is 2.50. The molecule has 3 aromatic rings. The van der Waals surface area contributed by atoms with Crippen molar-refractivity contribution in [2.75, 3.05) is 13.2 Å². The van der Waals surface area contributed by atoms with Gasteiger partial charge in [0.15, 0.2) is 0 Å². The molecule has 1 aromatic heterocycles. The number of aromatic nitrogens is 1. The molecule has 1 N–H and O–H groups in total. The molecule has 1 aliphatic heterocycles. The van der Waals surface area contributed by atoms with Gasteiger partial charge in [-0.3, -0.25) is 4.98 Å². The molecular weight excluding hydrogens is 414 g/mol. The van der Waals surface area contributed by atoms with Crippen LogP contribution in [0, 0.1) is 0 Å². The smallest absolute Gasteiger partial charge is 0.261 e. The van der Waals surface area contributed by atoms with Crippen molar-refractivity contribution < 1.29 is 14.3 Å². The third-order valence-electron chi connectivity index (χ3n) is 6.53. The van der Waals surface area contributed by atoms with Crippen LogP contribution in [0.4, 0.5) is 0 Å². The van der Waals surface area contributed by atoms with Gasteiger partial charge in [0.05, 0.1) is 17.9 Å². The first-order valence-corrected chi connectivity index (χ1v) is 13.3. The lowest BCUT2D eigenvalue weighted by molar-refractivity contribution is -0.0680. The van der Waals surface area contributed by atoms with Gasteiger partial charge in [-0.05, 0) is 33.1 Å². The Balaban J connectivity index is 1.71. The predicted molar refractivity (Wildman–Crippen MR) is 131 cm³/mol. The van der Waals surface area contributed by atoms with Crippen LogP contribution in [0.5, 0.6) is 0 Å². The maximum absolute atomic E-state index is 11.1. The van der Waals surface area contributed by atoms with Crippen molar-refractivity contribution in [3.63, 3.8) is 0 Å². The van der Waals surface area contributed by atoms with Crippen LogP contribution >= 0.6 is 0 Å². The van der Waals surface area contributed by atoms with Crippen molar-refractivity contribution in [2.24, 2.45) is 0 Å². The minimum Gasteiger partial charge on any atom is -0.402 e. The summed E-state index contributed by atoms with van der Waals surface area (Å²) in [4.78, 5) is 4.59. The zero-order valence-electron chi connectivity index (χ0n) is 19.3. The number of aliphatic hydroxyl groups is 1. The summed E-state index contributed by atoms with van der Waals surface area (Å²) in [6.07, 6.45) is 2.99. The summed E-state index contributed by atoms with van der Waals surface area (Å²) in [5.74, 6) is 0. The Morgan fingerprint density at radius 2 is 1.50 bits per heavy atom. The maximum atomic E-state index is 11.1. The number of hydrogen-bond donors (Lipinski definition) is 1. The van der Waals surface area contributed by atoms with E-state index in [1.165, 1.54) is 10.4 Å². The SMILES string of the molecule is CC(C)(C)[Si](OCc1cc(C2(O)CCOCC2)ccn1)(c1ccccc1)c1ccccc1. The molecule has 168 valence electrons. The van der Waals surface area contributed by atoms with E-state index in [-0.39, 0.29) is 5.04 Å². The summed E-state index contributed by atoms with van der Waals surface area (Å²) in [7, 11) is -2.63. The Bertz CT molecular complexity index is 972. The number of rotatable bonds is 6. The Kier molecular flexibility index (Phi) is 6.63. The molecule has 0 saturated carbocycles. The Labute approximate surface area is 192 Å². The summed E-state index contributed by atoms with van der Waals surface area (Å²) in [5, 5.41) is 13.5. The molecule has 5 heteroatoms. The number of pyridine rings is 1. The van der Waals surface area contributed by atoms with Crippen LogP contribution in [-0.4, -0.2) is 31.6 Å². The first kappa shape index (κ1) is 22.9. The van der Waals surface area contributed by atoms with Gasteiger partial charge in [0.25, 0.3) is 8.32 Å². The van der Waals surface area contributed by atoms with Crippen LogP contribution in [0.2, 0.25) is 5.04 Å². The van der Waals surface area contributed by atoms with Gasteiger partial charge < -0.3 is 14.3 Å². The average Bonchev–Trinajstić information content (AvgIpc) is 2.81. The quantitative estimate of drug-likeness (QED) is 0.577. The van der Waals surface area contributed by atoms with Gasteiger partial charge in [-0.15, -0.1) is 0 Å². The molecule has 0 bridgehead atoms. The average molecular weight is 448 g/mol. The van der Waals surface area contributed by atoms with E-state index in [0.29, 0.717) is 32.7 Å². The van der Waals surface area contributed by atoms with E-state index >= 15 is 0 Å². The van der Waals surface area contributed by atoms with Gasteiger partial charge in [0.1, 0.15) is 0 Å². The van der Waals surface area contributed by atoms with E-state index in [0.717, 1.165) is 11.3 Å². The molecule has 0 aliphatic carbocycles. The predicted octanol–water partition coefficient (Wildman–Crippen LogP) is 4.16. The van der Waals surface area contributed by atoms with E-state index < -0.39 is 13.9 Å². The number of benzene rings is 2. The van der Waals surface area contributed by atoms with Crippen LogP contribution in [-0.2, 0) is 21.4 Å². The first-order valence-electron chi connectivity index (χ1n) is 11.4. The van der Waals surface area contributed by atoms with Crippen LogP contribution < -0.4 is 10.4 Å². The molecule has 2 heterocycles. The molecule has 0 atom stereocenters. The van der Waals surface area contributed by atoms with Crippen molar-refractivity contribution in [2.45, 2.75) is 50.9 Å². The molecule has 4 rings (SSSR count). The van der Waals surface area contributed by atoms with Gasteiger partial charge >= 0.3 is 0 Å². The zero-order chi connectivity index (χ0) is 22.7. The first-order chi connectivity index (χ1) is 15.4. The van der Waals surface area contributed by atoms with Gasteiger partial charge in [-0.2, -0.15) is 0 Å². The summed E-state index contributed by atoms with van der Waals surface area (Å²) in [6, 6.07) is 25.2. The molecule has 32 heavy (non-hydrogen) atoms. The van der Waals surface area contributed by atoms with Gasteiger partial charge in [0, 0.05) is 32.3 Å². The summed E-state index contributed by atoms with van der Waals surface area (Å²) in [5.41, 5.74) is 0.889. The molecule has 1 aliphatic rings. The third-order valence-corrected chi connectivity index (χ3v) is 11.5. The van der Waals surface area contributed by atoms with Crippen LogP contribution in [0.25, 0.3) is 0 Å².